The molecule has 0 N–H and O–H groups in total. The summed E-state index contributed by atoms with van der Waals surface area (Å²) in [7, 11) is 0. The molecule has 0 spiro atoms. The molecule has 2 aromatic rings. The Morgan fingerprint density at radius 3 is 2.47 bits per heavy atom. The van der Waals surface area contributed by atoms with Crippen molar-refractivity contribution in [3.63, 3.8) is 0 Å². The normalized spacial score (nSPS) is 10.2. The Hall–Kier alpha value is -2.08. The zero-order valence-electron chi connectivity index (χ0n) is 9.65. The molecule has 2 nitrogen and oxygen atoms in total. The minimum Gasteiger partial charge on any atom is -0.332 e. The number of hydrogen-bond acceptors (Lipinski definition) is 1. The molecule has 0 bridgehead atoms. The molecule has 0 fully saturated rings. The van der Waals surface area contributed by atoms with Gasteiger partial charge in [-0.1, -0.05) is 19.1 Å². The third-order valence-corrected chi connectivity index (χ3v) is 2.80. The highest BCUT2D eigenvalue weighted by Crippen LogP contribution is 2.13. The smallest absolute Gasteiger partial charge is 0.123 e. The monoisotopic (exact) mass is 228 g/mol. The lowest BCUT2D eigenvalue weighted by Gasteiger charge is -2.09. The highest BCUT2D eigenvalue weighted by atomic mass is 19.1. The Bertz CT molecular complexity index is 547. The minimum absolute atomic E-state index is 0.238. The second kappa shape index (κ2) is 4.84. The van der Waals surface area contributed by atoms with Crippen LogP contribution in [0.1, 0.15) is 23.9 Å². The van der Waals surface area contributed by atoms with Crippen LogP contribution in [0, 0.1) is 17.1 Å². The number of halogens is 1. The molecule has 1 heterocycles. The van der Waals surface area contributed by atoms with Crippen LogP contribution in [0.2, 0.25) is 0 Å². The molecule has 0 saturated heterocycles. The van der Waals surface area contributed by atoms with Gasteiger partial charge in [0.1, 0.15) is 17.6 Å². The lowest BCUT2D eigenvalue weighted by atomic mass is 10.2. The topological polar surface area (TPSA) is 28.7 Å². The van der Waals surface area contributed by atoms with Gasteiger partial charge in [-0.25, -0.2) is 4.39 Å². The number of hydrogen-bond donors (Lipinski definition) is 0. The zero-order chi connectivity index (χ0) is 12.3. The average molecular weight is 228 g/mol. The lowest BCUT2D eigenvalue weighted by Crippen LogP contribution is -2.05. The van der Waals surface area contributed by atoms with Crippen LogP contribution in [0.15, 0.2) is 36.4 Å². The molecule has 1 aromatic carbocycles. The maximum absolute atomic E-state index is 12.8. The van der Waals surface area contributed by atoms with Crippen LogP contribution in [0.5, 0.6) is 0 Å². The van der Waals surface area contributed by atoms with E-state index in [9.17, 15) is 4.39 Å². The van der Waals surface area contributed by atoms with Gasteiger partial charge in [0.25, 0.3) is 0 Å². The average Bonchev–Trinajstić information content (AvgIpc) is 2.74. The molecule has 0 amide bonds. The second-order valence-corrected chi connectivity index (χ2v) is 3.89. The van der Waals surface area contributed by atoms with Gasteiger partial charge in [-0.2, -0.15) is 5.26 Å². The van der Waals surface area contributed by atoms with Crippen molar-refractivity contribution in [3.05, 3.63) is 59.2 Å². The maximum atomic E-state index is 12.8. The van der Waals surface area contributed by atoms with E-state index in [1.807, 2.05) is 16.7 Å². The minimum atomic E-state index is -0.238. The molecule has 0 radical (unpaired) electrons. The molecule has 3 heteroatoms. The van der Waals surface area contributed by atoms with Gasteiger partial charge in [-0.05, 0) is 36.2 Å². The summed E-state index contributed by atoms with van der Waals surface area (Å²) in [4.78, 5) is 0. The van der Waals surface area contributed by atoms with Gasteiger partial charge in [0.2, 0.25) is 0 Å². The van der Waals surface area contributed by atoms with Gasteiger partial charge in [0.05, 0.1) is 0 Å². The first kappa shape index (κ1) is 11.4. The maximum Gasteiger partial charge on any atom is 0.123 e. The number of aryl methyl sites for hydroxylation is 1. The van der Waals surface area contributed by atoms with Crippen LogP contribution in [0.25, 0.3) is 0 Å². The lowest BCUT2D eigenvalue weighted by molar-refractivity contribution is 0.626. The molecular weight excluding hydrogens is 215 g/mol. The zero-order valence-corrected chi connectivity index (χ0v) is 9.65. The van der Waals surface area contributed by atoms with E-state index in [0.29, 0.717) is 12.2 Å². The molecule has 0 atom stereocenters. The van der Waals surface area contributed by atoms with Crippen molar-refractivity contribution < 1.29 is 4.39 Å². The highest BCUT2D eigenvalue weighted by Gasteiger charge is 2.06. The Balaban J connectivity index is 2.32. The van der Waals surface area contributed by atoms with Crippen LogP contribution >= 0.6 is 0 Å². The van der Waals surface area contributed by atoms with E-state index in [2.05, 4.69) is 13.0 Å². The SMILES string of the molecule is CCc1ccc(C#N)n1Cc1ccc(F)cc1. The largest absolute Gasteiger partial charge is 0.332 e. The van der Waals surface area contributed by atoms with Crippen molar-refractivity contribution in [3.8, 4) is 6.07 Å². The van der Waals surface area contributed by atoms with Gasteiger partial charge >= 0.3 is 0 Å². The number of nitriles is 1. The standard InChI is InChI=1S/C14H13FN2/c1-2-13-7-8-14(9-16)17(13)10-11-3-5-12(15)6-4-11/h3-8H,2,10H2,1H3. The van der Waals surface area contributed by atoms with Crippen molar-refractivity contribution in [1.82, 2.24) is 4.57 Å². The number of rotatable bonds is 3. The van der Waals surface area contributed by atoms with E-state index in [4.69, 9.17) is 5.26 Å². The van der Waals surface area contributed by atoms with E-state index in [-0.39, 0.29) is 5.82 Å². The summed E-state index contributed by atoms with van der Waals surface area (Å²) in [5, 5.41) is 9.02. The first-order valence-electron chi connectivity index (χ1n) is 5.57. The fraction of sp³-hybridized carbons (Fsp3) is 0.214. The summed E-state index contributed by atoms with van der Waals surface area (Å²) in [6.07, 6.45) is 0.878. The summed E-state index contributed by atoms with van der Waals surface area (Å²) in [6, 6.07) is 12.3. The van der Waals surface area contributed by atoms with Crippen LogP contribution < -0.4 is 0 Å². The highest BCUT2D eigenvalue weighted by molar-refractivity contribution is 5.29. The molecule has 2 rings (SSSR count). The quantitative estimate of drug-likeness (QED) is 0.793. The van der Waals surface area contributed by atoms with Gasteiger partial charge < -0.3 is 4.57 Å². The third-order valence-electron chi connectivity index (χ3n) is 2.80. The van der Waals surface area contributed by atoms with E-state index in [1.54, 1.807) is 12.1 Å². The number of benzene rings is 1. The molecule has 0 aliphatic heterocycles. The fourth-order valence-corrected chi connectivity index (χ4v) is 1.88. The molecule has 0 aliphatic rings. The number of aromatic nitrogens is 1. The van der Waals surface area contributed by atoms with E-state index in [1.165, 1.54) is 12.1 Å². The van der Waals surface area contributed by atoms with Crippen LogP contribution in [0.3, 0.4) is 0 Å². The van der Waals surface area contributed by atoms with Crippen LogP contribution in [0.4, 0.5) is 4.39 Å². The third kappa shape index (κ3) is 2.36. The van der Waals surface area contributed by atoms with Gasteiger partial charge in [-0.3, -0.25) is 0 Å². The summed E-state index contributed by atoms with van der Waals surface area (Å²) < 4.78 is 14.8. The van der Waals surface area contributed by atoms with E-state index < -0.39 is 0 Å². The molecule has 17 heavy (non-hydrogen) atoms. The summed E-state index contributed by atoms with van der Waals surface area (Å²) in [6.45, 7) is 2.66. The molecule has 0 unspecified atom stereocenters. The van der Waals surface area contributed by atoms with Crippen molar-refractivity contribution in [1.29, 1.82) is 5.26 Å². The van der Waals surface area contributed by atoms with Gasteiger partial charge in [0, 0.05) is 12.2 Å². The van der Waals surface area contributed by atoms with Crippen molar-refractivity contribution >= 4 is 0 Å². The predicted octanol–water partition coefficient (Wildman–Crippen LogP) is 3.11. The van der Waals surface area contributed by atoms with E-state index in [0.717, 1.165) is 17.7 Å². The molecule has 0 aliphatic carbocycles. The Kier molecular flexibility index (Phi) is 3.24. The fourth-order valence-electron chi connectivity index (χ4n) is 1.88. The molecular formula is C14H13FN2. The summed E-state index contributed by atoms with van der Waals surface area (Å²) in [5.74, 6) is -0.238. The van der Waals surface area contributed by atoms with Gasteiger partial charge in [0.15, 0.2) is 0 Å². The summed E-state index contributed by atoms with van der Waals surface area (Å²) >= 11 is 0. The van der Waals surface area contributed by atoms with Crippen molar-refractivity contribution in [2.45, 2.75) is 19.9 Å². The molecule has 0 saturated carbocycles. The van der Waals surface area contributed by atoms with E-state index >= 15 is 0 Å². The van der Waals surface area contributed by atoms with Gasteiger partial charge in [-0.15, -0.1) is 0 Å². The first-order valence-corrected chi connectivity index (χ1v) is 5.57. The Labute approximate surface area is 99.9 Å². The molecule has 1 aromatic heterocycles. The van der Waals surface area contributed by atoms with Crippen LogP contribution in [-0.4, -0.2) is 4.57 Å². The second-order valence-electron chi connectivity index (χ2n) is 3.89. The van der Waals surface area contributed by atoms with Crippen molar-refractivity contribution in [2.24, 2.45) is 0 Å². The molecule has 86 valence electrons. The Morgan fingerprint density at radius 1 is 1.18 bits per heavy atom. The Morgan fingerprint density at radius 2 is 1.88 bits per heavy atom. The van der Waals surface area contributed by atoms with Crippen molar-refractivity contribution in [2.75, 3.05) is 0 Å². The number of nitrogens with zero attached hydrogens (tertiary/aromatic N) is 2. The first-order chi connectivity index (χ1) is 8.24. The predicted molar refractivity (Wildman–Crippen MR) is 64.0 cm³/mol. The summed E-state index contributed by atoms with van der Waals surface area (Å²) in [5.41, 5.74) is 2.76. The van der Waals surface area contributed by atoms with Crippen LogP contribution in [-0.2, 0) is 13.0 Å².